The molecule has 0 aromatic carbocycles. The molecule has 0 fully saturated rings. The molecule has 0 bridgehead atoms. The van der Waals surface area contributed by atoms with Crippen LogP contribution in [0.2, 0.25) is 0 Å². The fourth-order valence-electron chi connectivity index (χ4n) is 1.45. The first-order valence-electron chi connectivity index (χ1n) is 6.12. The van der Waals surface area contributed by atoms with Crippen molar-refractivity contribution in [3.8, 4) is 0 Å². The van der Waals surface area contributed by atoms with Crippen LogP contribution in [0.3, 0.4) is 0 Å². The largest absolute Gasteiger partial charge is 0.315 e. The van der Waals surface area contributed by atoms with Crippen molar-refractivity contribution in [1.29, 1.82) is 0 Å². The maximum atomic E-state index is 3.50. The number of rotatable bonds is 9. The fourth-order valence-corrected chi connectivity index (χ4v) is 1.45. The Bertz CT molecular complexity index is 109. The normalized spacial score (nSPS) is 11.6. The molecule has 0 aliphatic heterocycles. The minimum absolute atomic E-state index is 0.758. The Kier molecular flexibility index (Phi) is 9.42. The molecule has 0 unspecified atom stereocenters. The number of nitrogens with one attached hydrogen (secondary N) is 2. The van der Waals surface area contributed by atoms with Crippen LogP contribution in [0.25, 0.3) is 0 Å². The standard InChI is InChI=1S/C12H28N2/c1-5-12(6-2)10-14-8-7-13-9-11(3)4/h11-14H,5-10H2,1-4H3. The van der Waals surface area contributed by atoms with Crippen molar-refractivity contribution in [1.82, 2.24) is 10.6 Å². The smallest absolute Gasteiger partial charge is 0.00768 e. The Morgan fingerprint density at radius 2 is 1.36 bits per heavy atom. The van der Waals surface area contributed by atoms with E-state index in [2.05, 4.69) is 38.3 Å². The molecule has 0 rings (SSSR count). The maximum Gasteiger partial charge on any atom is 0.00768 e. The van der Waals surface area contributed by atoms with Crippen LogP contribution in [-0.4, -0.2) is 26.2 Å². The molecule has 86 valence electrons. The highest BCUT2D eigenvalue weighted by Crippen LogP contribution is 2.04. The maximum absolute atomic E-state index is 3.50. The van der Waals surface area contributed by atoms with E-state index in [-0.39, 0.29) is 0 Å². The molecule has 0 amide bonds. The van der Waals surface area contributed by atoms with Crippen LogP contribution in [0.1, 0.15) is 40.5 Å². The molecule has 0 spiro atoms. The highest BCUT2D eigenvalue weighted by molar-refractivity contribution is 4.60. The van der Waals surface area contributed by atoms with Gasteiger partial charge in [0.2, 0.25) is 0 Å². The van der Waals surface area contributed by atoms with Gasteiger partial charge in [-0.25, -0.2) is 0 Å². The Morgan fingerprint density at radius 3 is 1.79 bits per heavy atom. The summed E-state index contributed by atoms with van der Waals surface area (Å²) >= 11 is 0. The second-order valence-corrected chi connectivity index (χ2v) is 4.48. The molecule has 0 aliphatic carbocycles. The van der Waals surface area contributed by atoms with E-state index in [1.54, 1.807) is 0 Å². The average molecular weight is 200 g/mol. The van der Waals surface area contributed by atoms with E-state index >= 15 is 0 Å². The summed E-state index contributed by atoms with van der Waals surface area (Å²) in [5.74, 6) is 1.62. The quantitative estimate of drug-likeness (QED) is 0.558. The van der Waals surface area contributed by atoms with E-state index in [0.717, 1.165) is 31.5 Å². The van der Waals surface area contributed by atoms with Crippen LogP contribution in [0, 0.1) is 11.8 Å². The summed E-state index contributed by atoms with van der Waals surface area (Å²) in [6.45, 7) is 13.5. The van der Waals surface area contributed by atoms with Gasteiger partial charge in [0.05, 0.1) is 0 Å². The van der Waals surface area contributed by atoms with E-state index in [1.165, 1.54) is 19.4 Å². The van der Waals surface area contributed by atoms with Gasteiger partial charge < -0.3 is 10.6 Å². The first kappa shape index (κ1) is 13.9. The van der Waals surface area contributed by atoms with Crippen LogP contribution >= 0.6 is 0 Å². The van der Waals surface area contributed by atoms with Crippen LogP contribution in [0.4, 0.5) is 0 Å². The summed E-state index contributed by atoms with van der Waals surface area (Å²) < 4.78 is 0. The van der Waals surface area contributed by atoms with Crippen molar-refractivity contribution < 1.29 is 0 Å². The summed E-state index contributed by atoms with van der Waals surface area (Å²) in [7, 11) is 0. The van der Waals surface area contributed by atoms with Gasteiger partial charge in [0.25, 0.3) is 0 Å². The second kappa shape index (κ2) is 9.47. The van der Waals surface area contributed by atoms with Gasteiger partial charge >= 0.3 is 0 Å². The SMILES string of the molecule is CCC(CC)CNCCNCC(C)C. The van der Waals surface area contributed by atoms with E-state index < -0.39 is 0 Å². The third kappa shape index (κ3) is 8.52. The van der Waals surface area contributed by atoms with Gasteiger partial charge in [0.15, 0.2) is 0 Å². The predicted octanol–water partition coefficient (Wildman–Crippen LogP) is 2.26. The molecule has 0 aromatic rings. The first-order valence-corrected chi connectivity index (χ1v) is 6.12. The third-order valence-electron chi connectivity index (χ3n) is 2.62. The van der Waals surface area contributed by atoms with Crippen LogP contribution in [-0.2, 0) is 0 Å². The molecule has 0 saturated heterocycles. The lowest BCUT2D eigenvalue weighted by Crippen LogP contribution is -2.32. The molecule has 0 atom stereocenters. The summed E-state index contributed by atoms with van der Waals surface area (Å²) in [5, 5.41) is 6.93. The van der Waals surface area contributed by atoms with Crippen molar-refractivity contribution in [2.24, 2.45) is 11.8 Å². The molecule has 2 nitrogen and oxygen atoms in total. The van der Waals surface area contributed by atoms with Gasteiger partial charge in [-0.2, -0.15) is 0 Å². The van der Waals surface area contributed by atoms with Crippen LogP contribution in [0.5, 0.6) is 0 Å². The Labute approximate surface area is 89.9 Å². The van der Waals surface area contributed by atoms with Gasteiger partial charge in [0.1, 0.15) is 0 Å². The fraction of sp³-hybridized carbons (Fsp3) is 1.00. The monoisotopic (exact) mass is 200 g/mol. The predicted molar refractivity (Wildman–Crippen MR) is 64.6 cm³/mol. The van der Waals surface area contributed by atoms with Gasteiger partial charge in [0, 0.05) is 13.1 Å². The van der Waals surface area contributed by atoms with Crippen molar-refractivity contribution in [2.45, 2.75) is 40.5 Å². The lowest BCUT2D eigenvalue weighted by Gasteiger charge is -2.13. The third-order valence-corrected chi connectivity index (χ3v) is 2.62. The Morgan fingerprint density at radius 1 is 0.857 bits per heavy atom. The lowest BCUT2D eigenvalue weighted by molar-refractivity contribution is 0.443. The molecule has 0 heterocycles. The van der Waals surface area contributed by atoms with Gasteiger partial charge in [-0.1, -0.05) is 40.5 Å². The van der Waals surface area contributed by atoms with E-state index in [1.807, 2.05) is 0 Å². The van der Waals surface area contributed by atoms with Crippen LogP contribution < -0.4 is 10.6 Å². The Hall–Kier alpha value is -0.0800. The van der Waals surface area contributed by atoms with E-state index in [0.29, 0.717) is 0 Å². The summed E-state index contributed by atoms with van der Waals surface area (Å²) in [6, 6.07) is 0. The Balaban J connectivity index is 3.12. The topological polar surface area (TPSA) is 24.1 Å². The number of hydrogen-bond acceptors (Lipinski definition) is 2. The summed E-state index contributed by atoms with van der Waals surface area (Å²) in [5.41, 5.74) is 0. The molecular weight excluding hydrogens is 172 g/mol. The molecule has 14 heavy (non-hydrogen) atoms. The summed E-state index contributed by atoms with van der Waals surface area (Å²) in [4.78, 5) is 0. The van der Waals surface area contributed by atoms with Gasteiger partial charge in [-0.05, 0) is 24.9 Å². The van der Waals surface area contributed by atoms with E-state index in [9.17, 15) is 0 Å². The number of hydrogen-bond donors (Lipinski definition) is 2. The van der Waals surface area contributed by atoms with Crippen LogP contribution in [0.15, 0.2) is 0 Å². The minimum Gasteiger partial charge on any atom is -0.315 e. The second-order valence-electron chi connectivity index (χ2n) is 4.48. The molecule has 0 aliphatic rings. The zero-order chi connectivity index (χ0) is 10.8. The van der Waals surface area contributed by atoms with E-state index in [4.69, 9.17) is 0 Å². The zero-order valence-electron chi connectivity index (χ0n) is 10.4. The molecule has 0 radical (unpaired) electrons. The molecule has 2 heteroatoms. The molecular formula is C12H28N2. The van der Waals surface area contributed by atoms with Gasteiger partial charge in [-0.15, -0.1) is 0 Å². The first-order chi connectivity index (χ1) is 6.70. The van der Waals surface area contributed by atoms with Crippen molar-refractivity contribution >= 4 is 0 Å². The molecule has 0 saturated carbocycles. The minimum atomic E-state index is 0.758. The lowest BCUT2D eigenvalue weighted by atomic mass is 10.0. The van der Waals surface area contributed by atoms with Crippen molar-refractivity contribution in [3.05, 3.63) is 0 Å². The zero-order valence-corrected chi connectivity index (χ0v) is 10.4. The summed E-state index contributed by atoms with van der Waals surface area (Å²) in [6.07, 6.45) is 2.59. The average Bonchev–Trinajstić information content (AvgIpc) is 2.16. The van der Waals surface area contributed by atoms with Gasteiger partial charge in [-0.3, -0.25) is 0 Å². The molecule has 2 N–H and O–H groups in total. The molecule has 0 aromatic heterocycles. The highest BCUT2D eigenvalue weighted by atomic mass is 14.9. The van der Waals surface area contributed by atoms with Crippen molar-refractivity contribution in [3.63, 3.8) is 0 Å². The highest BCUT2D eigenvalue weighted by Gasteiger charge is 2.01. The van der Waals surface area contributed by atoms with Crippen molar-refractivity contribution in [2.75, 3.05) is 26.2 Å².